The van der Waals surface area contributed by atoms with Gasteiger partial charge in [0.2, 0.25) is 5.95 Å². The van der Waals surface area contributed by atoms with E-state index in [2.05, 4.69) is 67.1 Å². The smallest absolute Gasteiger partial charge is 0.225 e. The highest BCUT2D eigenvalue weighted by Crippen LogP contribution is 2.32. The molecule has 4 rings (SSSR count). The molecule has 0 saturated carbocycles. The molecule has 0 unspecified atom stereocenters. The lowest BCUT2D eigenvalue weighted by Gasteiger charge is -2.37. The maximum absolute atomic E-state index is 11.6. The molecule has 2 heterocycles. The molecule has 1 fully saturated rings. The van der Waals surface area contributed by atoms with E-state index < -0.39 is 9.84 Å². The van der Waals surface area contributed by atoms with Crippen molar-refractivity contribution in [1.29, 1.82) is 0 Å². The number of rotatable bonds is 7. The van der Waals surface area contributed by atoms with E-state index in [4.69, 9.17) is 4.74 Å². The van der Waals surface area contributed by atoms with Crippen molar-refractivity contribution >= 4 is 15.8 Å². The van der Waals surface area contributed by atoms with Gasteiger partial charge in [0.1, 0.15) is 12.4 Å². The third kappa shape index (κ3) is 4.78. The Morgan fingerprint density at radius 3 is 2.19 bits per heavy atom. The lowest BCUT2D eigenvalue weighted by Crippen LogP contribution is -2.55. The van der Waals surface area contributed by atoms with Gasteiger partial charge in [-0.3, -0.25) is 0 Å². The third-order valence-corrected chi connectivity index (χ3v) is 7.68. The highest BCUT2D eigenvalue weighted by atomic mass is 32.2. The molecule has 6 nitrogen and oxygen atoms in total. The van der Waals surface area contributed by atoms with Crippen molar-refractivity contribution in [2.75, 3.05) is 24.2 Å². The number of hydrogen-bond donors (Lipinski definition) is 0. The Morgan fingerprint density at radius 2 is 1.59 bits per heavy atom. The number of nitrogens with zero attached hydrogens (tertiary/aromatic N) is 3. The van der Waals surface area contributed by atoms with E-state index in [1.165, 1.54) is 22.9 Å². The molecule has 2 aromatic carbocycles. The molecule has 0 aliphatic carbocycles. The molecule has 3 aromatic rings. The standard InChI is InChI=1S/C25H29N3O3S/c1-18-5-7-19(8-6-18)25(2,3)20-9-11-22(12-10-20)31-17-21-13-14-26-24(27-21)28-15-23(16-28)32(4,29)30/h5-14,23H,15-17H2,1-4H3. The molecule has 1 aliphatic heterocycles. The predicted molar refractivity (Wildman–Crippen MR) is 127 cm³/mol. The minimum Gasteiger partial charge on any atom is -0.487 e. The second kappa shape index (κ2) is 8.54. The Hall–Kier alpha value is -2.93. The molecule has 7 heteroatoms. The summed E-state index contributed by atoms with van der Waals surface area (Å²) in [6.45, 7) is 7.72. The summed E-state index contributed by atoms with van der Waals surface area (Å²) in [4.78, 5) is 10.7. The summed E-state index contributed by atoms with van der Waals surface area (Å²) in [6.07, 6.45) is 2.95. The van der Waals surface area contributed by atoms with Crippen molar-refractivity contribution in [1.82, 2.24) is 9.97 Å². The van der Waals surface area contributed by atoms with E-state index in [0.29, 0.717) is 25.6 Å². The zero-order chi connectivity index (χ0) is 22.9. The quantitative estimate of drug-likeness (QED) is 0.542. The van der Waals surface area contributed by atoms with E-state index in [9.17, 15) is 8.42 Å². The molecule has 0 N–H and O–H groups in total. The van der Waals surface area contributed by atoms with Gasteiger partial charge in [0.05, 0.1) is 10.9 Å². The summed E-state index contributed by atoms with van der Waals surface area (Å²) < 4.78 is 29.2. The number of aryl methyl sites for hydroxylation is 1. The van der Waals surface area contributed by atoms with Gasteiger partial charge in [-0.2, -0.15) is 0 Å². The number of ether oxygens (including phenoxy) is 1. The van der Waals surface area contributed by atoms with Crippen LogP contribution in [0.4, 0.5) is 5.95 Å². The first-order chi connectivity index (χ1) is 15.1. The number of sulfone groups is 1. The fraction of sp³-hybridized carbons (Fsp3) is 0.360. The van der Waals surface area contributed by atoms with Crippen LogP contribution in [-0.4, -0.2) is 43.0 Å². The van der Waals surface area contributed by atoms with Gasteiger partial charge in [-0.25, -0.2) is 18.4 Å². The van der Waals surface area contributed by atoms with Crippen molar-refractivity contribution in [2.24, 2.45) is 0 Å². The minimum atomic E-state index is -3.02. The fourth-order valence-electron chi connectivity index (χ4n) is 3.75. The average Bonchev–Trinajstić information content (AvgIpc) is 2.71. The summed E-state index contributed by atoms with van der Waals surface area (Å²) >= 11 is 0. The first-order valence-corrected chi connectivity index (χ1v) is 12.6. The molecule has 1 saturated heterocycles. The van der Waals surface area contributed by atoms with Crippen LogP contribution in [0.25, 0.3) is 0 Å². The van der Waals surface area contributed by atoms with Gasteiger partial charge in [0.15, 0.2) is 9.84 Å². The van der Waals surface area contributed by atoms with Crippen molar-refractivity contribution in [3.8, 4) is 5.75 Å². The average molecular weight is 452 g/mol. The second-order valence-corrected chi connectivity index (χ2v) is 11.3. The van der Waals surface area contributed by atoms with Crippen LogP contribution in [0.2, 0.25) is 0 Å². The Labute approximate surface area is 190 Å². The van der Waals surface area contributed by atoms with Crippen LogP contribution in [0.5, 0.6) is 5.75 Å². The van der Waals surface area contributed by atoms with E-state index in [1.807, 2.05) is 23.1 Å². The fourth-order valence-corrected chi connectivity index (χ4v) is 4.65. The number of hydrogen-bond acceptors (Lipinski definition) is 6. The van der Waals surface area contributed by atoms with Gasteiger partial charge in [0.25, 0.3) is 0 Å². The normalized spacial score (nSPS) is 14.8. The van der Waals surface area contributed by atoms with Crippen molar-refractivity contribution < 1.29 is 13.2 Å². The van der Waals surface area contributed by atoms with Gasteiger partial charge in [-0.1, -0.05) is 55.8 Å². The van der Waals surface area contributed by atoms with Gasteiger partial charge < -0.3 is 9.64 Å². The number of benzene rings is 2. The van der Waals surface area contributed by atoms with Gasteiger partial charge >= 0.3 is 0 Å². The predicted octanol–water partition coefficient (Wildman–Crippen LogP) is 3.92. The Bertz CT molecular complexity index is 1180. The Balaban J connectivity index is 1.38. The Morgan fingerprint density at radius 1 is 1.00 bits per heavy atom. The van der Waals surface area contributed by atoms with Crippen molar-refractivity contribution in [2.45, 2.75) is 38.0 Å². The van der Waals surface area contributed by atoms with E-state index >= 15 is 0 Å². The van der Waals surface area contributed by atoms with Gasteiger partial charge in [0, 0.05) is 31.0 Å². The first-order valence-electron chi connectivity index (χ1n) is 10.7. The summed E-state index contributed by atoms with van der Waals surface area (Å²) in [5.74, 6) is 1.32. The van der Waals surface area contributed by atoms with Crippen LogP contribution >= 0.6 is 0 Å². The van der Waals surface area contributed by atoms with E-state index in [1.54, 1.807) is 6.20 Å². The summed E-state index contributed by atoms with van der Waals surface area (Å²) in [5, 5.41) is -0.339. The van der Waals surface area contributed by atoms with E-state index in [0.717, 1.165) is 11.4 Å². The molecule has 32 heavy (non-hydrogen) atoms. The maximum Gasteiger partial charge on any atom is 0.225 e. The van der Waals surface area contributed by atoms with Crippen molar-refractivity contribution in [3.63, 3.8) is 0 Å². The molecule has 0 radical (unpaired) electrons. The van der Waals surface area contributed by atoms with Crippen LogP contribution in [0.3, 0.4) is 0 Å². The lowest BCUT2D eigenvalue weighted by molar-refractivity contribution is 0.301. The zero-order valence-corrected chi connectivity index (χ0v) is 19.8. The van der Waals surface area contributed by atoms with E-state index in [-0.39, 0.29) is 10.7 Å². The molecule has 0 spiro atoms. The SMILES string of the molecule is Cc1ccc(C(C)(C)c2ccc(OCc3ccnc(N4CC(S(C)(=O)=O)C4)n3)cc2)cc1. The maximum atomic E-state index is 11.6. The van der Waals surface area contributed by atoms with Gasteiger partial charge in [-0.05, 0) is 36.2 Å². The molecule has 168 valence electrons. The lowest BCUT2D eigenvalue weighted by atomic mass is 9.78. The third-order valence-electron chi connectivity index (χ3n) is 6.17. The number of anilines is 1. The first kappa shape index (κ1) is 22.3. The van der Waals surface area contributed by atoms with Crippen LogP contribution in [0.1, 0.15) is 36.2 Å². The monoisotopic (exact) mass is 451 g/mol. The van der Waals surface area contributed by atoms with Crippen LogP contribution in [-0.2, 0) is 21.9 Å². The second-order valence-electron chi connectivity index (χ2n) is 9.01. The van der Waals surface area contributed by atoms with Crippen molar-refractivity contribution in [3.05, 3.63) is 83.2 Å². The van der Waals surface area contributed by atoms with Crippen LogP contribution in [0, 0.1) is 6.92 Å². The highest BCUT2D eigenvalue weighted by Gasteiger charge is 2.35. The summed E-state index contributed by atoms with van der Waals surface area (Å²) in [7, 11) is -3.02. The molecule has 0 amide bonds. The minimum absolute atomic E-state index is 0.102. The topological polar surface area (TPSA) is 72.4 Å². The molecular weight excluding hydrogens is 422 g/mol. The Kier molecular flexibility index (Phi) is 5.95. The van der Waals surface area contributed by atoms with Crippen LogP contribution in [0.15, 0.2) is 60.8 Å². The molecule has 1 aromatic heterocycles. The van der Waals surface area contributed by atoms with Crippen LogP contribution < -0.4 is 9.64 Å². The molecule has 0 bridgehead atoms. The molecular formula is C25H29N3O3S. The summed E-state index contributed by atoms with van der Waals surface area (Å²) in [5.41, 5.74) is 4.40. The highest BCUT2D eigenvalue weighted by molar-refractivity contribution is 7.91. The van der Waals surface area contributed by atoms with Gasteiger partial charge in [-0.15, -0.1) is 0 Å². The zero-order valence-electron chi connectivity index (χ0n) is 18.9. The largest absolute Gasteiger partial charge is 0.487 e. The number of aromatic nitrogens is 2. The molecule has 1 aliphatic rings. The molecule has 0 atom stereocenters. The summed E-state index contributed by atoms with van der Waals surface area (Å²) in [6, 6.07) is 18.6.